The number of nitro groups is 1. The standard InChI is InChI=1S/C21H19N5O4S/c1-2-12-22-20-23-18-17(31-20)19(27)25(15-6-4-3-5-7-15)21(28)24(18)13-14-8-10-16(11-9-14)26(29)30/h3-11H,2,12-13H2,1H3,(H,22,23). The third kappa shape index (κ3) is 3.97. The molecule has 0 atom stereocenters. The van der Waals surface area contributed by atoms with Gasteiger partial charge in [-0.05, 0) is 24.1 Å². The second kappa shape index (κ2) is 8.52. The predicted octanol–water partition coefficient (Wildman–Crippen LogP) is 3.39. The van der Waals surface area contributed by atoms with Crippen LogP contribution in [0.4, 0.5) is 10.8 Å². The van der Waals surface area contributed by atoms with E-state index in [9.17, 15) is 19.7 Å². The molecule has 0 bridgehead atoms. The number of anilines is 1. The Balaban J connectivity index is 1.91. The van der Waals surface area contributed by atoms with Crippen LogP contribution in [0.5, 0.6) is 0 Å². The van der Waals surface area contributed by atoms with Crippen molar-refractivity contribution in [2.45, 2.75) is 19.9 Å². The maximum absolute atomic E-state index is 13.4. The van der Waals surface area contributed by atoms with E-state index in [0.29, 0.717) is 33.3 Å². The molecule has 0 spiro atoms. The minimum absolute atomic E-state index is 0.0322. The third-order valence-electron chi connectivity index (χ3n) is 4.71. The van der Waals surface area contributed by atoms with E-state index in [1.54, 1.807) is 36.4 Å². The molecule has 0 radical (unpaired) electrons. The highest BCUT2D eigenvalue weighted by molar-refractivity contribution is 7.22. The van der Waals surface area contributed by atoms with Crippen LogP contribution in [-0.4, -0.2) is 25.6 Å². The molecule has 2 heterocycles. The topological polar surface area (TPSA) is 112 Å². The molecule has 2 aromatic heterocycles. The Hall–Kier alpha value is -3.79. The molecule has 4 rings (SSSR count). The lowest BCUT2D eigenvalue weighted by Gasteiger charge is -2.11. The van der Waals surface area contributed by atoms with Gasteiger partial charge in [-0.1, -0.05) is 48.6 Å². The van der Waals surface area contributed by atoms with E-state index >= 15 is 0 Å². The van der Waals surface area contributed by atoms with Crippen LogP contribution in [0.1, 0.15) is 18.9 Å². The number of nitro benzene ring substituents is 1. The number of non-ortho nitro benzene ring substituents is 1. The zero-order valence-electron chi connectivity index (χ0n) is 16.6. The second-order valence-corrected chi connectivity index (χ2v) is 7.87. The van der Waals surface area contributed by atoms with Crippen molar-refractivity contribution in [1.82, 2.24) is 14.1 Å². The Morgan fingerprint density at radius 2 is 1.81 bits per heavy atom. The summed E-state index contributed by atoms with van der Waals surface area (Å²) in [4.78, 5) is 41.5. The Kier molecular flexibility index (Phi) is 5.63. The number of para-hydroxylation sites is 1. The third-order valence-corrected chi connectivity index (χ3v) is 5.70. The fraction of sp³-hybridized carbons (Fsp3) is 0.190. The lowest BCUT2D eigenvalue weighted by Crippen LogP contribution is -2.38. The van der Waals surface area contributed by atoms with E-state index < -0.39 is 16.2 Å². The van der Waals surface area contributed by atoms with Gasteiger partial charge in [-0.25, -0.2) is 14.3 Å². The molecular formula is C21H19N5O4S. The lowest BCUT2D eigenvalue weighted by molar-refractivity contribution is -0.384. The van der Waals surface area contributed by atoms with Crippen molar-refractivity contribution in [3.8, 4) is 5.69 Å². The highest BCUT2D eigenvalue weighted by Crippen LogP contribution is 2.23. The number of rotatable bonds is 7. The molecule has 0 unspecified atom stereocenters. The first-order valence-electron chi connectivity index (χ1n) is 9.68. The van der Waals surface area contributed by atoms with Crippen molar-refractivity contribution in [3.05, 3.63) is 91.1 Å². The number of fused-ring (bicyclic) bond motifs is 1. The van der Waals surface area contributed by atoms with Crippen LogP contribution in [-0.2, 0) is 6.54 Å². The maximum atomic E-state index is 13.4. The SMILES string of the molecule is CCCNc1nc2c(s1)c(=O)n(-c1ccccc1)c(=O)n2Cc1ccc([N+](=O)[O-])cc1. The fourth-order valence-electron chi connectivity index (χ4n) is 3.19. The summed E-state index contributed by atoms with van der Waals surface area (Å²) in [5.41, 5.74) is 0.471. The van der Waals surface area contributed by atoms with Crippen LogP contribution < -0.4 is 16.6 Å². The van der Waals surface area contributed by atoms with E-state index in [-0.39, 0.29) is 12.2 Å². The molecule has 31 heavy (non-hydrogen) atoms. The summed E-state index contributed by atoms with van der Waals surface area (Å²) in [6.07, 6.45) is 0.889. The van der Waals surface area contributed by atoms with Gasteiger partial charge in [0.15, 0.2) is 10.8 Å². The van der Waals surface area contributed by atoms with E-state index in [1.165, 1.54) is 28.0 Å². The van der Waals surface area contributed by atoms with Crippen molar-refractivity contribution in [2.24, 2.45) is 0 Å². The van der Waals surface area contributed by atoms with E-state index in [4.69, 9.17) is 0 Å². The molecule has 158 valence electrons. The molecule has 0 saturated carbocycles. The molecule has 0 aliphatic carbocycles. The summed E-state index contributed by atoms with van der Waals surface area (Å²) in [7, 11) is 0. The molecule has 2 aromatic carbocycles. The predicted molar refractivity (Wildman–Crippen MR) is 120 cm³/mol. The van der Waals surface area contributed by atoms with Crippen LogP contribution >= 0.6 is 11.3 Å². The largest absolute Gasteiger partial charge is 0.361 e. The van der Waals surface area contributed by atoms with E-state index in [1.807, 2.05) is 13.0 Å². The number of hydrogen-bond acceptors (Lipinski definition) is 7. The van der Waals surface area contributed by atoms with Gasteiger partial charge in [-0.2, -0.15) is 0 Å². The van der Waals surface area contributed by atoms with Gasteiger partial charge >= 0.3 is 5.69 Å². The van der Waals surface area contributed by atoms with E-state index in [0.717, 1.165) is 11.0 Å². The smallest absolute Gasteiger partial charge is 0.337 e. The van der Waals surface area contributed by atoms with Crippen LogP contribution in [0.2, 0.25) is 0 Å². The monoisotopic (exact) mass is 437 g/mol. The Morgan fingerprint density at radius 3 is 2.45 bits per heavy atom. The maximum Gasteiger partial charge on any atom is 0.337 e. The second-order valence-electron chi connectivity index (χ2n) is 6.87. The van der Waals surface area contributed by atoms with Gasteiger partial charge in [0.1, 0.15) is 4.70 Å². The lowest BCUT2D eigenvalue weighted by atomic mass is 10.2. The number of nitrogens with zero attached hydrogens (tertiary/aromatic N) is 4. The summed E-state index contributed by atoms with van der Waals surface area (Å²) >= 11 is 1.21. The number of benzene rings is 2. The van der Waals surface area contributed by atoms with Crippen molar-refractivity contribution in [3.63, 3.8) is 0 Å². The van der Waals surface area contributed by atoms with Gasteiger partial charge in [-0.15, -0.1) is 0 Å². The van der Waals surface area contributed by atoms with Crippen molar-refractivity contribution in [1.29, 1.82) is 0 Å². The van der Waals surface area contributed by atoms with Crippen molar-refractivity contribution in [2.75, 3.05) is 11.9 Å². The highest BCUT2D eigenvalue weighted by atomic mass is 32.1. The van der Waals surface area contributed by atoms with E-state index in [2.05, 4.69) is 10.3 Å². The summed E-state index contributed by atoms with van der Waals surface area (Å²) in [6.45, 7) is 2.84. The molecule has 0 aliphatic rings. The molecule has 9 nitrogen and oxygen atoms in total. The van der Waals surface area contributed by atoms with Gasteiger partial charge in [0, 0.05) is 18.7 Å². The first-order chi connectivity index (χ1) is 15.0. The fourth-order valence-corrected chi connectivity index (χ4v) is 4.12. The number of hydrogen-bond donors (Lipinski definition) is 1. The zero-order chi connectivity index (χ0) is 22.0. The van der Waals surface area contributed by atoms with Crippen LogP contribution in [0.25, 0.3) is 16.0 Å². The molecule has 0 amide bonds. The molecule has 10 heteroatoms. The average molecular weight is 437 g/mol. The van der Waals surface area contributed by atoms with Gasteiger partial charge in [0.2, 0.25) is 0 Å². The van der Waals surface area contributed by atoms with Gasteiger partial charge in [-0.3, -0.25) is 19.5 Å². The molecular weight excluding hydrogens is 418 g/mol. The molecule has 0 fully saturated rings. The van der Waals surface area contributed by atoms with Gasteiger partial charge in [0.05, 0.1) is 17.2 Å². The molecule has 4 aromatic rings. The van der Waals surface area contributed by atoms with Crippen molar-refractivity contribution >= 4 is 32.5 Å². The quantitative estimate of drug-likeness (QED) is 0.350. The molecule has 0 saturated heterocycles. The number of thiazole rings is 1. The Morgan fingerprint density at radius 1 is 1.10 bits per heavy atom. The summed E-state index contributed by atoms with van der Waals surface area (Å²) in [6, 6.07) is 14.7. The van der Waals surface area contributed by atoms with Crippen LogP contribution in [0.15, 0.2) is 64.2 Å². The van der Waals surface area contributed by atoms with Gasteiger partial charge < -0.3 is 5.32 Å². The minimum Gasteiger partial charge on any atom is -0.361 e. The first-order valence-corrected chi connectivity index (χ1v) is 10.5. The zero-order valence-corrected chi connectivity index (χ0v) is 17.5. The molecule has 0 aliphatic heterocycles. The summed E-state index contributed by atoms with van der Waals surface area (Å²) < 4.78 is 2.93. The minimum atomic E-state index is -0.519. The van der Waals surface area contributed by atoms with Crippen molar-refractivity contribution < 1.29 is 4.92 Å². The number of nitrogens with one attached hydrogen (secondary N) is 1. The number of aromatic nitrogens is 3. The van der Waals surface area contributed by atoms with Crippen LogP contribution in [0.3, 0.4) is 0 Å². The van der Waals surface area contributed by atoms with Gasteiger partial charge in [0.25, 0.3) is 11.2 Å². The Labute approximate surface area is 180 Å². The Bertz CT molecular complexity index is 1360. The molecule has 1 N–H and O–H groups in total. The summed E-state index contributed by atoms with van der Waals surface area (Å²) in [5.74, 6) is 0. The first kappa shape index (κ1) is 20.5. The average Bonchev–Trinajstić information content (AvgIpc) is 3.21. The normalized spacial score (nSPS) is 11.0. The summed E-state index contributed by atoms with van der Waals surface area (Å²) in [5, 5.41) is 14.7. The highest BCUT2D eigenvalue weighted by Gasteiger charge is 2.19. The van der Waals surface area contributed by atoms with Crippen LogP contribution in [0, 0.1) is 10.1 Å².